The molecule has 3 rings (SSSR count). The molecule has 0 aromatic heterocycles. The Kier molecular flexibility index (Phi) is 5.98. The van der Waals surface area contributed by atoms with Gasteiger partial charge in [-0.15, -0.1) is 0 Å². The van der Waals surface area contributed by atoms with Gasteiger partial charge in [0.1, 0.15) is 0 Å². The molecule has 5 nitrogen and oxygen atoms in total. The third-order valence-corrected chi connectivity index (χ3v) is 5.86. The molecule has 0 heterocycles. The Morgan fingerprint density at radius 1 is 1.31 bits per heavy atom. The topological polar surface area (TPSA) is 65.8 Å². The Morgan fingerprint density at radius 2 is 2.00 bits per heavy atom. The molecule has 0 radical (unpaired) electrons. The zero-order valence-electron chi connectivity index (χ0n) is 14.7. The number of hydrogen-bond donors (Lipinski definition) is 1. The monoisotopic (exact) mass is 433 g/mol. The predicted octanol–water partition coefficient (Wildman–Crippen LogP) is 4.75. The van der Waals surface area contributed by atoms with Crippen LogP contribution in [0, 0.1) is 5.41 Å². The molecule has 0 saturated heterocycles. The van der Waals surface area contributed by atoms with Crippen molar-refractivity contribution >= 4 is 60.0 Å². The lowest BCUT2D eigenvalue weighted by atomic mass is 9.99. The predicted molar refractivity (Wildman–Crippen MR) is 113 cm³/mol. The Balaban J connectivity index is 2.03. The van der Waals surface area contributed by atoms with E-state index in [4.69, 9.17) is 5.41 Å². The van der Waals surface area contributed by atoms with Gasteiger partial charge < -0.3 is 4.74 Å². The summed E-state index contributed by atoms with van der Waals surface area (Å²) in [7, 11) is 3.01. The number of fused-ring (bicyclic) bond motifs is 1. The normalized spacial score (nSPS) is 14.3. The quantitative estimate of drug-likeness (QED) is 0.327. The molecule has 0 amide bonds. The van der Waals surface area contributed by atoms with Gasteiger partial charge in [0.2, 0.25) is 0 Å². The van der Waals surface area contributed by atoms with Crippen molar-refractivity contribution in [2.45, 2.75) is 18.8 Å². The van der Waals surface area contributed by atoms with Gasteiger partial charge in [-0.25, -0.2) is 0 Å². The van der Waals surface area contributed by atoms with Crippen molar-refractivity contribution in [3.05, 3.63) is 42.0 Å². The van der Waals surface area contributed by atoms with Crippen molar-refractivity contribution in [1.82, 2.24) is 0 Å². The molecule has 1 fully saturated rings. The maximum atomic E-state index is 11.5. The molecule has 2 aromatic rings. The van der Waals surface area contributed by atoms with Crippen molar-refractivity contribution in [1.29, 1.82) is 5.41 Å². The maximum Gasteiger partial charge on any atom is 0.316 e. The summed E-state index contributed by atoms with van der Waals surface area (Å²) in [6.07, 6.45) is 2.47. The number of halogens is 1. The molecule has 1 N–H and O–H groups in total. The molecule has 1 saturated carbocycles. The molecule has 26 heavy (non-hydrogen) atoms. The molecular weight excluding hydrogens is 414 g/mol. The number of benzene rings is 2. The Bertz CT molecular complexity index is 880. The highest BCUT2D eigenvalue weighted by atomic mass is 79.9. The van der Waals surface area contributed by atoms with Crippen LogP contribution in [0.2, 0.25) is 0 Å². The summed E-state index contributed by atoms with van der Waals surface area (Å²) < 4.78 is 5.19. The minimum absolute atomic E-state index is 0.0773. The molecule has 0 spiro atoms. The van der Waals surface area contributed by atoms with E-state index in [1.807, 2.05) is 18.2 Å². The van der Waals surface area contributed by atoms with Crippen molar-refractivity contribution in [2.75, 3.05) is 24.8 Å². The van der Waals surface area contributed by atoms with Crippen LogP contribution in [-0.4, -0.2) is 35.8 Å². The highest BCUT2D eigenvalue weighted by Crippen LogP contribution is 2.45. The second kappa shape index (κ2) is 8.22. The number of anilines is 1. The first-order chi connectivity index (χ1) is 12.6. The first-order valence-electron chi connectivity index (χ1n) is 8.29. The minimum atomic E-state index is -0.363. The SMILES string of the molecule is C/N=C(/Br)N(C(=N)SCC(=O)OC)c1ccc(C2CC2)c2ccccc12. The van der Waals surface area contributed by atoms with Crippen LogP contribution in [0.4, 0.5) is 5.69 Å². The molecule has 136 valence electrons. The first kappa shape index (κ1) is 18.9. The second-order valence-electron chi connectivity index (χ2n) is 5.99. The van der Waals surface area contributed by atoms with E-state index in [1.54, 1.807) is 11.9 Å². The lowest BCUT2D eigenvalue weighted by molar-refractivity contribution is -0.137. The number of ether oxygens (including phenoxy) is 1. The van der Waals surface area contributed by atoms with E-state index in [9.17, 15) is 4.79 Å². The molecule has 1 aliphatic rings. The summed E-state index contributed by atoms with van der Waals surface area (Å²) >= 11 is 4.57. The lowest BCUT2D eigenvalue weighted by Crippen LogP contribution is -2.32. The largest absolute Gasteiger partial charge is 0.468 e. The maximum absolute atomic E-state index is 11.5. The molecule has 1 aliphatic carbocycles. The number of nitrogens with zero attached hydrogens (tertiary/aromatic N) is 2. The van der Waals surface area contributed by atoms with Gasteiger partial charge >= 0.3 is 5.97 Å². The zero-order chi connectivity index (χ0) is 18.7. The standard InChI is InChI=1S/C19H20BrN3O2S/c1-22-18(20)23(19(21)26-11-17(24)25-2)16-10-9-13(12-7-8-12)14-5-3-4-6-15(14)16/h3-6,9-10,12,21H,7-8,11H2,1-2H3/b21-19?,22-18-. The Morgan fingerprint density at radius 3 is 2.62 bits per heavy atom. The van der Waals surface area contributed by atoms with E-state index < -0.39 is 0 Å². The van der Waals surface area contributed by atoms with E-state index in [0.717, 1.165) is 22.8 Å². The van der Waals surface area contributed by atoms with Crippen LogP contribution < -0.4 is 4.90 Å². The van der Waals surface area contributed by atoms with Crippen LogP contribution in [0.15, 0.2) is 41.4 Å². The molecule has 2 aromatic carbocycles. The second-order valence-corrected chi connectivity index (χ2v) is 7.67. The fourth-order valence-corrected chi connectivity index (χ4v) is 4.07. The third kappa shape index (κ3) is 3.94. The van der Waals surface area contributed by atoms with E-state index in [0.29, 0.717) is 10.7 Å². The summed E-state index contributed by atoms with van der Waals surface area (Å²) in [5, 5.41) is 11.0. The van der Waals surface area contributed by atoms with Crippen LogP contribution in [0.25, 0.3) is 10.8 Å². The minimum Gasteiger partial charge on any atom is -0.468 e. The smallest absolute Gasteiger partial charge is 0.316 e. The average molecular weight is 434 g/mol. The van der Waals surface area contributed by atoms with Crippen LogP contribution in [0.5, 0.6) is 0 Å². The fraction of sp³-hybridized carbons (Fsp3) is 0.316. The van der Waals surface area contributed by atoms with Gasteiger partial charge in [-0.05, 0) is 51.7 Å². The van der Waals surface area contributed by atoms with Crippen LogP contribution >= 0.6 is 27.7 Å². The van der Waals surface area contributed by atoms with Gasteiger partial charge in [-0.2, -0.15) is 0 Å². The van der Waals surface area contributed by atoms with Crippen molar-refractivity contribution in [3.8, 4) is 0 Å². The summed E-state index contributed by atoms with van der Waals surface area (Å²) in [5.74, 6) is 0.352. The van der Waals surface area contributed by atoms with E-state index in [2.05, 4.69) is 43.9 Å². The van der Waals surface area contributed by atoms with Crippen LogP contribution in [0.1, 0.15) is 24.3 Å². The van der Waals surface area contributed by atoms with Gasteiger partial charge in [0.25, 0.3) is 0 Å². The number of carbonyl (C=O) groups is 1. The van der Waals surface area contributed by atoms with Crippen LogP contribution in [-0.2, 0) is 9.53 Å². The van der Waals surface area contributed by atoms with Crippen LogP contribution in [0.3, 0.4) is 0 Å². The van der Waals surface area contributed by atoms with Gasteiger partial charge in [-0.1, -0.05) is 42.1 Å². The average Bonchev–Trinajstić information content (AvgIpc) is 3.51. The molecule has 7 heteroatoms. The Labute approximate surface area is 165 Å². The third-order valence-electron chi connectivity index (χ3n) is 4.32. The number of esters is 1. The van der Waals surface area contributed by atoms with E-state index in [1.165, 1.54) is 30.9 Å². The van der Waals surface area contributed by atoms with Gasteiger partial charge in [0.05, 0.1) is 18.6 Å². The van der Waals surface area contributed by atoms with E-state index in [-0.39, 0.29) is 16.9 Å². The highest BCUT2D eigenvalue weighted by Gasteiger charge is 2.27. The summed E-state index contributed by atoms with van der Waals surface area (Å²) in [5.41, 5.74) is 2.23. The van der Waals surface area contributed by atoms with Crippen molar-refractivity contribution < 1.29 is 9.53 Å². The number of carbonyl (C=O) groups excluding carboxylic acids is 1. The highest BCUT2D eigenvalue weighted by molar-refractivity contribution is 9.18. The number of aliphatic imine (C=N–C) groups is 1. The number of hydrogen-bond acceptors (Lipinski definition) is 5. The Hall–Kier alpha value is -1.86. The fourth-order valence-electron chi connectivity index (χ4n) is 2.90. The summed E-state index contributed by atoms with van der Waals surface area (Å²) in [4.78, 5) is 17.4. The number of methoxy groups -OCH3 is 1. The number of thioether (sulfide) groups is 1. The van der Waals surface area contributed by atoms with Gasteiger partial charge in [0.15, 0.2) is 9.91 Å². The first-order valence-corrected chi connectivity index (χ1v) is 10.1. The van der Waals surface area contributed by atoms with Gasteiger partial charge in [-0.3, -0.25) is 20.1 Å². The van der Waals surface area contributed by atoms with Crippen molar-refractivity contribution in [2.24, 2.45) is 4.99 Å². The molecule has 0 aliphatic heterocycles. The lowest BCUT2D eigenvalue weighted by Gasteiger charge is -2.25. The number of rotatable bonds is 4. The van der Waals surface area contributed by atoms with Crippen molar-refractivity contribution in [3.63, 3.8) is 0 Å². The molecule has 0 unspecified atom stereocenters. The molecule has 0 bridgehead atoms. The molecule has 0 atom stereocenters. The van der Waals surface area contributed by atoms with E-state index >= 15 is 0 Å². The summed E-state index contributed by atoms with van der Waals surface area (Å²) in [6.45, 7) is 0. The molecular formula is C19H20BrN3O2S. The zero-order valence-corrected chi connectivity index (χ0v) is 17.1. The summed E-state index contributed by atoms with van der Waals surface area (Å²) in [6, 6.07) is 12.4. The number of amidine groups is 2. The number of nitrogens with one attached hydrogen (secondary N) is 1. The van der Waals surface area contributed by atoms with Gasteiger partial charge in [0, 0.05) is 12.4 Å².